The van der Waals surface area contributed by atoms with Crippen molar-refractivity contribution >= 4 is 22.8 Å². The lowest BCUT2D eigenvalue weighted by molar-refractivity contribution is 0.444. The summed E-state index contributed by atoms with van der Waals surface area (Å²) in [7, 11) is 2.03. The minimum absolute atomic E-state index is 0.253. The zero-order chi connectivity index (χ0) is 20.9. The first-order chi connectivity index (χ1) is 14.6. The lowest BCUT2D eigenvalue weighted by atomic mass is 10.0. The van der Waals surface area contributed by atoms with Crippen molar-refractivity contribution in [3.63, 3.8) is 0 Å². The molecule has 0 spiro atoms. The number of rotatable bonds is 6. The molecule has 0 bridgehead atoms. The van der Waals surface area contributed by atoms with E-state index in [1.165, 1.54) is 0 Å². The Kier molecular flexibility index (Phi) is 5.82. The Bertz CT molecular complexity index is 1080. The van der Waals surface area contributed by atoms with Crippen LogP contribution in [0.2, 0.25) is 0 Å². The third-order valence-electron chi connectivity index (χ3n) is 5.15. The van der Waals surface area contributed by atoms with E-state index >= 15 is 0 Å². The van der Waals surface area contributed by atoms with Gasteiger partial charge in [0.2, 0.25) is 0 Å². The zero-order valence-corrected chi connectivity index (χ0v) is 17.0. The molecule has 5 nitrogen and oxygen atoms in total. The van der Waals surface area contributed by atoms with E-state index in [9.17, 15) is 5.11 Å². The molecule has 3 aromatic carbocycles. The first-order valence-corrected chi connectivity index (χ1v) is 10.0. The fraction of sp³-hybridized carbons (Fsp3) is 0.160. The Morgan fingerprint density at radius 2 is 1.73 bits per heavy atom. The topological polar surface area (TPSA) is 71.4 Å². The summed E-state index contributed by atoms with van der Waals surface area (Å²) in [6.45, 7) is 1.92. The number of hydrogen-bond acceptors (Lipinski definition) is 5. The van der Waals surface area contributed by atoms with Crippen molar-refractivity contribution in [1.82, 2.24) is 10.2 Å². The van der Waals surface area contributed by atoms with Crippen molar-refractivity contribution in [2.75, 3.05) is 25.5 Å². The monoisotopic (exact) mass is 398 g/mol. The van der Waals surface area contributed by atoms with Gasteiger partial charge in [-0.25, -0.2) is 0 Å². The Morgan fingerprint density at radius 3 is 2.47 bits per heavy atom. The van der Waals surface area contributed by atoms with Crippen LogP contribution in [0.5, 0.6) is 5.75 Å². The SMILES string of the molecule is CN1CC(=N)/C(=C(\NCc2cccc(O)c2)c2ccccc2Nc2ccccc2)C1. The van der Waals surface area contributed by atoms with E-state index in [0.717, 1.165) is 40.3 Å². The van der Waals surface area contributed by atoms with E-state index < -0.39 is 0 Å². The summed E-state index contributed by atoms with van der Waals surface area (Å²) in [4.78, 5) is 2.14. The number of likely N-dealkylation sites (N-methyl/N-ethyl adjacent to an activating group) is 1. The van der Waals surface area contributed by atoms with Gasteiger partial charge < -0.3 is 21.1 Å². The second-order valence-corrected chi connectivity index (χ2v) is 7.56. The number of likely N-dealkylation sites (tertiary alicyclic amines) is 1. The summed E-state index contributed by atoms with van der Waals surface area (Å²) < 4.78 is 0. The standard InChI is InChI=1S/C25H26N4O/c1-29-16-22(23(26)17-29)25(27-15-18-8-7-11-20(30)14-18)21-12-5-6-13-24(21)28-19-9-3-2-4-10-19/h2-14,26-28,30H,15-17H2,1H3/b25-22-,26-23?. The van der Waals surface area contributed by atoms with Crippen LogP contribution in [0.25, 0.3) is 5.70 Å². The van der Waals surface area contributed by atoms with Crippen LogP contribution in [-0.4, -0.2) is 35.9 Å². The molecule has 0 atom stereocenters. The second kappa shape index (κ2) is 8.84. The quantitative estimate of drug-likeness (QED) is 0.490. The molecule has 30 heavy (non-hydrogen) atoms. The Balaban J connectivity index is 1.72. The average molecular weight is 399 g/mol. The number of phenolic OH excluding ortho intramolecular Hbond substituents is 1. The maximum absolute atomic E-state index is 9.80. The minimum atomic E-state index is 0.253. The molecule has 5 heteroatoms. The smallest absolute Gasteiger partial charge is 0.115 e. The van der Waals surface area contributed by atoms with Gasteiger partial charge >= 0.3 is 0 Å². The van der Waals surface area contributed by atoms with E-state index in [1.54, 1.807) is 12.1 Å². The molecule has 0 unspecified atom stereocenters. The van der Waals surface area contributed by atoms with Gasteiger partial charge in [-0.15, -0.1) is 0 Å². The highest BCUT2D eigenvalue weighted by Gasteiger charge is 2.24. The molecule has 3 aromatic rings. The van der Waals surface area contributed by atoms with E-state index in [1.807, 2.05) is 61.6 Å². The summed E-state index contributed by atoms with van der Waals surface area (Å²) in [6, 6.07) is 25.5. The lowest BCUT2D eigenvalue weighted by Crippen LogP contribution is -2.18. The fourth-order valence-corrected chi connectivity index (χ4v) is 3.73. The summed E-state index contributed by atoms with van der Waals surface area (Å²) in [5.41, 5.74) is 6.59. The normalized spacial score (nSPS) is 15.8. The lowest BCUT2D eigenvalue weighted by Gasteiger charge is -2.19. The molecule has 152 valence electrons. The maximum atomic E-state index is 9.80. The van der Waals surface area contributed by atoms with Gasteiger partial charge in [-0.05, 0) is 42.9 Å². The van der Waals surface area contributed by atoms with Crippen LogP contribution in [-0.2, 0) is 6.54 Å². The number of hydrogen-bond donors (Lipinski definition) is 4. The number of anilines is 2. The van der Waals surface area contributed by atoms with Crippen molar-refractivity contribution in [2.45, 2.75) is 6.54 Å². The molecule has 1 fully saturated rings. The van der Waals surface area contributed by atoms with Crippen molar-refractivity contribution in [2.24, 2.45) is 0 Å². The van der Waals surface area contributed by atoms with E-state index in [4.69, 9.17) is 5.41 Å². The van der Waals surface area contributed by atoms with Gasteiger partial charge in [0, 0.05) is 42.1 Å². The summed E-state index contributed by atoms with van der Waals surface area (Å²) >= 11 is 0. The highest BCUT2D eigenvalue weighted by atomic mass is 16.3. The van der Waals surface area contributed by atoms with Gasteiger partial charge in [0.1, 0.15) is 5.75 Å². The maximum Gasteiger partial charge on any atom is 0.115 e. The number of benzene rings is 3. The summed E-state index contributed by atoms with van der Waals surface area (Å²) in [5, 5.41) is 25.4. The fourth-order valence-electron chi connectivity index (χ4n) is 3.73. The number of nitrogens with one attached hydrogen (secondary N) is 3. The number of phenols is 1. The molecular formula is C25H26N4O. The van der Waals surface area contributed by atoms with Crippen LogP contribution in [0.3, 0.4) is 0 Å². The first-order valence-electron chi connectivity index (χ1n) is 10.0. The van der Waals surface area contributed by atoms with Gasteiger partial charge in [0.25, 0.3) is 0 Å². The molecule has 1 heterocycles. The van der Waals surface area contributed by atoms with Crippen molar-refractivity contribution < 1.29 is 5.11 Å². The van der Waals surface area contributed by atoms with Crippen LogP contribution < -0.4 is 10.6 Å². The molecule has 4 rings (SSSR count). The van der Waals surface area contributed by atoms with Crippen LogP contribution in [0, 0.1) is 5.41 Å². The van der Waals surface area contributed by atoms with Crippen LogP contribution in [0.15, 0.2) is 84.4 Å². The van der Waals surface area contributed by atoms with Gasteiger partial charge in [0.15, 0.2) is 0 Å². The molecule has 1 saturated heterocycles. The van der Waals surface area contributed by atoms with E-state index in [0.29, 0.717) is 18.8 Å². The molecular weight excluding hydrogens is 372 g/mol. The molecule has 1 aliphatic rings. The largest absolute Gasteiger partial charge is 0.508 e. The van der Waals surface area contributed by atoms with Crippen LogP contribution >= 0.6 is 0 Å². The first kappa shape index (κ1) is 19.7. The second-order valence-electron chi connectivity index (χ2n) is 7.56. The van der Waals surface area contributed by atoms with Gasteiger partial charge in [-0.3, -0.25) is 4.90 Å². The molecule has 1 aliphatic heterocycles. The van der Waals surface area contributed by atoms with Gasteiger partial charge in [0.05, 0.1) is 11.4 Å². The van der Waals surface area contributed by atoms with Crippen molar-refractivity contribution in [1.29, 1.82) is 5.41 Å². The third kappa shape index (κ3) is 4.53. The van der Waals surface area contributed by atoms with E-state index in [-0.39, 0.29) is 5.75 Å². The van der Waals surface area contributed by atoms with Gasteiger partial charge in [-0.1, -0.05) is 48.5 Å². The Labute approximate surface area is 177 Å². The van der Waals surface area contributed by atoms with E-state index in [2.05, 4.69) is 27.7 Å². The predicted molar refractivity (Wildman–Crippen MR) is 123 cm³/mol. The summed E-state index contributed by atoms with van der Waals surface area (Å²) in [6.07, 6.45) is 0. The third-order valence-corrected chi connectivity index (χ3v) is 5.15. The molecule has 4 N–H and O–H groups in total. The van der Waals surface area contributed by atoms with Crippen LogP contribution in [0.4, 0.5) is 11.4 Å². The highest BCUT2D eigenvalue weighted by molar-refractivity contribution is 6.08. The highest BCUT2D eigenvalue weighted by Crippen LogP contribution is 2.30. The van der Waals surface area contributed by atoms with Gasteiger partial charge in [-0.2, -0.15) is 0 Å². The number of para-hydroxylation sites is 2. The molecule has 0 saturated carbocycles. The molecule has 0 radical (unpaired) electrons. The summed E-state index contributed by atoms with van der Waals surface area (Å²) in [5.74, 6) is 0.253. The van der Waals surface area contributed by atoms with Crippen molar-refractivity contribution in [3.8, 4) is 5.75 Å². The van der Waals surface area contributed by atoms with Crippen molar-refractivity contribution in [3.05, 3.63) is 95.6 Å². The average Bonchev–Trinajstić information content (AvgIpc) is 3.08. The Morgan fingerprint density at radius 1 is 0.967 bits per heavy atom. The molecule has 0 aromatic heterocycles. The minimum Gasteiger partial charge on any atom is -0.508 e. The predicted octanol–water partition coefficient (Wildman–Crippen LogP) is 4.60. The zero-order valence-electron chi connectivity index (χ0n) is 17.0. The van der Waals surface area contributed by atoms with Crippen LogP contribution in [0.1, 0.15) is 11.1 Å². The molecule has 0 aliphatic carbocycles. The number of nitrogens with zero attached hydrogens (tertiary/aromatic N) is 1. The Hall–Kier alpha value is -3.57. The number of aromatic hydroxyl groups is 1. The molecule has 0 amide bonds.